The number of hydrogen-bond donors (Lipinski definition) is 1. The number of esters is 1. The topological polar surface area (TPSA) is 118 Å². The second-order valence-electron chi connectivity index (χ2n) is 9.76. The van der Waals surface area contributed by atoms with Crippen LogP contribution < -0.4 is 0 Å². The Morgan fingerprint density at radius 2 is 2.19 bits per heavy atom. The molecule has 3 aliphatic heterocycles. The zero-order valence-corrected chi connectivity index (χ0v) is 23.1. The molecular weight excluding hydrogens is 562 g/mol. The van der Waals surface area contributed by atoms with Crippen LogP contribution in [0.3, 0.4) is 0 Å². The van der Waals surface area contributed by atoms with Crippen molar-refractivity contribution in [1.29, 1.82) is 0 Å². The van der Waals surface area contributed by atoms with Crippen molar-refractivity contribution in [1.82, 2.24) is 24.8 Å². The number of hydrogen-bond acceptors (Lipinski definition) is 8. The summed E-state index contributed by atoms with van der Waals surface area (Å²) < 4.78 is 6.20. The lowest BCUT2D eigenvalue weighted by atomic mass is 9.71. The van der Waals surface area contributed by atoms with Gasteiger partial charge in [0.1, 0.15) is 18.2 Å². The van der Waals surface area contributed by atoms with Crippen LogP contribution in [-0.4, -0.2) is 94.4 Å². The average Bonchev–Trinajstić information content (AvgIpc) is 3.60. The summed E-state index contributed by atoms with van der Waals surface area (Å²) in [5, 5.41) is 18.3. The molecule has 1 N–H and O–H groups in total. The Morgan fingerprint density at radius 1 is 1.43 bits per heavy atom. The van der Waals surface area contributed by atoms with E-state index >= 15 is 0 Å². The van der Waals surface area contributed by atoms with Crippen molar-refractivity contribution >= 4 is 56.5 Å². The van der Waals surface area contributed by atoms with E-state index in [1.165, 1.54) is 16.7 Å². The van der Waals surface area contributed by atoms with E-state index in [2.05, 4.69) is 32.8 Å². The number of likely N-dealkylation sites (tertiary alicyclic amines) is 1. The summed E-state index contributed by atoms with van der Waals surface area (Å²) in [5.41, 5.74) is 1.49. The first kappa shape index (κ1) is 26.2. The van der Waals surface area contributed by atoms with Crippen LogP contribution in [0.2, 0.25) is 0 Å². The van der Waals surface area contributed by atoms with Crippen LogP contribution in [0.5, 0.6) is 0 Å². The largest absolute Gasteiger partial charge is 0.466 e. The maximum atomic E-state index is 14.4. The van der Waals surface area contributed by atoms with Gasteiger partial charge in [0.2, 0.25) is 11.8 Å². The predicted octanol–water partition coefficient (Wildman–Crippen LogP) is 1.81. The number of para-hydroxylation sites is 1. The van der Waals surface area contributed by atoms with Crippen molar-refractivity contribution in [3.63, 3.8) is 0 Å². The lowest BCUT2D eigenvalue weighted by Crippen LogP contribution is -2.57. The van der Waals surface area contributed by atoms with Crippen molar-refractivity contribution in [3.8, 4) is 0 Å². The third-order valence-electron chi connectivity index (χ3n) is 7.64. The maximum absolute atomic E-state index is 14.4. The summed E-state index contributed by atoms with van der Waals surface area (Å²) in [7, 11) is 0. The van der Waals surface area contributed by atoms with Crippen LogP contribution in [0.4, 0.5) is 0 Å². The lowest BCUT2D eigenvalue weighted by Gasteiger charge is -2.39. The summed E-state index contributed by atoms with van der Waals surface area (Å²) in [6, 6.07) is 6.02. The van der Waals surface area contributed by atoms with Crippen LogP contribution in [0.1, 0.15) is 20.3 Å². The first-order valence-electron chi connectivity index (χ1n) is 12.4. The summed E-state index contributed by atoms with van der Waals surface area (Å²) in [4.78, 5) is 44.5. The molecule has 2 amide bonds. The van der Waals surface area contributed by atoms with Gasteiger partial charge in [-0.15, -0.1) is 23.4 Å². The van der Waals surface area contributed by atoms with Gasteiger partial charge in [0, 0.05) is 16.6 Å². The van der Waals surface area contributed by atoms with E-state index in [9.17, 15) is 19.5 Å². The molecule has 0 radical (unpaired) electrons. The minimum atomic E-state index is -0.864. The Balaban J connectivity index is 1.55. The fraction of sp³-hybridized carbons (Fsp3) is 0.560. The molecule has 0 aliphatic carbocycles. The van der Waals surface area contributed by atoms with Crippen molar-refractivity contribution in [2.24, 2.45) is 11.8 Å². The van der Waals surface area contributed by atoms with E-state index in [1.807, 2.05) is 24.3 Å². The molecule has 0 saturated carbocycles. The Bertz CT molecular complexity index is 1240. The number of carbonyl (C=O) groups is 3. The normalized spacial score (nSPS) is 31.0. The third-order valence-corrected chi connectivity index (χ3v) is 10.9. The molecule has 7 atom stereocenters. The Hall–Kier alpha value is -2.44. The quantitative estimate of drug-likeness (QED) is 0.266. The molecule has 3 aliphatic rings. The number of benzene rings is 1. The number of fused-ring (bicyclic) bond motifs is 2. The van der Waals surface area contributed by atoms with E-state index in [1.54, 1.807) is 29.5 Å². The summed E-state index contributed by atoms with van der Waals surface area (Å²) in [5.74, 6) is -2.32. The molecule has 198 valence electrons. The molecule has 1 aromatic heterocycles. The molecule has 2 aromatic rings. The van der Waals surface area contributed by atoms with Gasteiger partial charge in [-0.1, -0.05) is 39.4 Å². The van der Waals surface area contributed by atoms with E-state index in [0.717, 1.165) is 5.52 Å². The number of carbonyl (C=O) groups excluding carboxylic acids is 3. The van der Waals surface area contributed by atoms with Gasteiger partial charge < -0.3 is 19.6 Å². The van der Waals surface area contributed by atoms with Crippen LogP contribution >= 0.6 is 27.7 Å². The van der Waals surface area contributed by atoms with E-state index in [0.29, 0.717) is 11.9 Å². The standard InChI is InChI=1S/C25H30BrN5O5S/c1-4-10-29(13-30-17-9-7-6-8-16(17)27-28-30)23(34)21-25-11-15(26)20(37-25)18(24(35)36-5-2)19(25)22(33)31(21)14(3)12-32/h4,6-9,14-15,18-21,32H,1,5,10-13H2,2-3H3/t14-,15?,18+,19+,20+,21?,25?/m1/s1. The van der Waals surface area contributed by atoms with Crippen molar-refractivity contribution in [3.05, 3.63) is 36.9 Å². The van der Waals surface area contributed by atoms with Gasteiger partial charge in [0.05, 0.1) is 41.4 Å². The molecule has 12 heteroatoms. The number of rotatable bonds is 9. The lowest BCUT2D eigenvalue weighted by molar-refractivity contribution is -0.154. The van der Waals surface area contributed by atoms with Gasteiger partial charge in [-0.2, -0.15) is 0 Å². The number of alkyl halides is 1. The summed E-state index contributed by atoms with van der Waals surface area (Å²) in [6.07, 6.45) is 2.19. The first-order chi connectivity index (χ1) is 17.8. The van der Waals surface area contributed by atoms with Gasteiger partial charge in [0.25, 0.3) is 0 Å². The highest BCUT2D eigenvalue weighted by atomic mass is 79.9. The number of aromatic nitrogens is 3. The van der Waals surface area contributed by atoms with Crippen LogP contribution in [-0.2, 0) is 25.8 Å². The summed E-state index contributed by atoms with van der Waals surface area (Å²) in [6.45, 7) is 7.55. The number of ether oxygens (including phenoxy) is 1. The number of aliphatic hydroxyl groups is 1. The molecule has 2 bridgehead atoms. The van der Waals surface area contributed by atoms with E-state index in [4.69, 9.17) is 4.74 Å². The first-order valence-corrected chi connectivity index (χ1v) is 14.2. The Labute approximate surface area is 227 Å². The van der Waals surface area contributed by atoms with E-state index < -0.39 is 34.6 Å². The van der Waals surface area contributed by atoms with Crippen LogP contribution in [0, 0.1) is 11.8 Å². The van der Waals surface area contributed by atoms with Gasteiger partial charge in [-0.3, -0.25) is 14.4 Å². The minimum absolute atomic E-state index is 0.0530. The van der Waals surface area contributed by atoms with Gasteiger partial charge in [-0.05, 0) is 32.4 Å². The molecule has 1 spiro atoms. The molecule has 37 heavy (non-hydrogen) atoms. The highest BCUT2D eigenvalue weighted by Crippen LogP contribution is 2.68. The van der Waals surface area contributed by atoms with Crippen molar-refractivity contribution < 1.29 is 24.2 Å². The number of thioether (sulfide) groups is 1. The van der Waals surface area contributed by atoms with Gasteiger partial charge in [0.15, 0.2) is 0 Å². The highest BCUT2D eigenvalue weighted by Gasteiger charge is 2.76. The minimum Gasteiger partial charge on any atom is -0.466 e. The molecule has 5 rings (SSSR count). The van der Waals surface area contributed by atoms with Crippen LogP contribution in [0.15, 0.2) is 36.9 Å². The number of halogens is 1. The maximum Gasteiger partial charge on any atom is 0.310 e. The fourth-order valence-electron chi connectivity index (χ4n) is 6.15. The van der Waals surface area contributed by atoms with Gasteiger partial charge in [-0.25, -0.2) is 4.68 Å². The predicted molar refractivity (Wildman–Crippen MR) is 142 cm³/mol. The SMILES string of the molecule is C=CCN(Cn1nnc2ccccc21)C(=O)C1N([C@H](C)CO)C(=O)[C@@H]2[C@H](C(=O)OCC)[C@H]3SC12CC3Br. The number of aliphatic hydroxyl groups excluding tert-OH is 1. The molecule has 3 saturated heterocycles. The Morgan fingerprint density at radius 3 is 2.89 bits per heavy atom. The fourth-order valence-corrected chi connectivity index (χ4v) is 9.73. The number of nitrogens with zero attached hydrogens (tertiary/aromatic N) is 5. The smallest absolute Gasteiger partial charge is 0.310 e. The molecule has 10 nitrogen and oxygen atoms in total. The van der Waals surface area contributed by atoms with Crippen LogP contribution in [0.25, 0.3) is 11.0 Å². The highest BCUT2D eigenvalue weighted by molar-refractivity contribution is 9.09. The molecule has 3 unspecified atom stereocenters. The second-order valence-corrected chi connectivity index (χ2v) is 12.5. The Kier molecular flexibility index (Phi) is 7.10. The van der Waals surface area contributed by atoms with Crippen molar-refractivity contribution in [2.45, 2.75) is 53.8 Å². The molecule has 4 heterocycles. The molecular formula is C25H30BrN5O5S. The number of amides is 2. The van der Waals surface area contributed by atoms with Gasteiger partial charge >= 0.3 is 5.97 Å². The average molecular weight is 593 g/mol. The second kappa shape index (κ2) is 10.0. The summed E-state index contributed by atoms with van der Waals surface area (Å²) >= 11 is 5.27. The molecule has 1 aromatic carbocycles. The molecule has 3 fully saturated rings. The van der Waals surface area contributed by atoms with E-state index in [-0.39, 0.29) is 48.3 Å². The monoisotopic (exact) mass is 591 g/mol. The zero-order valence-electron chi connectivity index (χ0n) is 20.7. The van der Waals surface area contributed by atoms with Crippen molar-refractivity contribution in [2.75, 3.05) is 19.8 Å². The zero-order chi connectivity index (χ0) is 26.5. The third kappa shape index (κ3) is 3.99.